The summed E-state index contributed by atoms with van der Waals surface area (Å²) in [7, 11) is 0. The second kappa shape index (κ2) is 12.1. The van der Waals surface area contributed by atoms with Crippen LogP contribution in [0.3, 0.4) is 0 Å². The minimum atomic E-state index is -0.477. The van der Waals surface area contributed by atoms with Crippen molar-refractivity contribution in [1.82, 2.24) is 0 Å². The van der Waals surface area contributed by atoms with E-state index in [9.17, 15) is 14.4 Å². The molecule has 0 aliphatic heterocycles. The van der Waals surface area contributed by atoms with Crippen molar-refractivity contribution in [3.05, 3.63) is 105 Å². The van der Waals surface area contributed by atoms with Gasteiger partial charge in [0.2, 0.25) is 0 Å². The van der Waals surface area contributed by atoms with E-state index in [1.54, 1.807) is 37.3 Å². The van der Waals surface area contributed by atoms with Crippen LogP contribution in [0.2, 0.25) is 0 Å². The van der Waals surface area contributed by atoms with Crippen LogP contribution in [0, 0.1) is 13.8 Å². The summed E-state index contributed by atoms with van der Waals surface area (Å²) < 4.78 is 5.61. The maximum atomic E-state index is 13.2. The van der Waals surface area contributed by atoms with Gasteiger partial charge in [-0.1, -0.05) is 83.1 Å². The molecular weight excluding hydrogens is 424 g/mol. The van der Waals surface area contributed by atoms with Crippen LogP contribution in [-0.4, -0.2) is 17.5 Å². The highest BCUT2D eigenvalue weighted by Crippen LogP contribution is 2.33. The van der Waals surface area contributed by atoms with Crippen molar-refractivity contribution in [2.24, 2.45) is 0 Å². The maximum absolute atomic E-state index is 13.2. The molecule has 3 aromatic carbocycles. The van der Waals surface area contributed by atoms with E-state index in [-0.39, 0.29) is 18.2 Å². The van der Waals surface area contributed by atoms with E-state index in [0.717, 1.165) is 11.1 Å². The van der Waals surface area contributed by atoms with E-state index >= 15 is 0 Å². The van der Waals surface area contributed by atoms with Crippen molar-refractivity contribution in [3.63, 3.8) is 0 Å². The molecule has 0 bridgehead atoms. The molecule has 0 radical (unpaired) electrons. The van der Waals surface area contributed by atoms with Gasteiger partial charge in [0.15, 0.2) is 11.6 Å². The smallest absolute Gasteiger partial charge is 0.339 e. The molecule has 4 nitrogen and oxygen atoms in total. The Kier molecular flexibility index (Phi) is 9.49. The summed E-state index contributed by atoms with van der Waals surface area (Å²) in [5.41, 5.74) is 5.05. The zero-order valence-electron chi connectivity index (χ0n) is 21.2. The highest BCUT2D eigenvalue weighted by atomic mass is 16.5. The Morgan fingerprint density at radius 2 is 1.32 bits per heavy atom. The summed E-state index contributed by atoms with van der Waals surface area (Å²) in [6.07, 6.45) is 0.444. The second-order valence-electron chi connectivity index (χ2n) is 7.53. The lowest BCUT2D eigenvalue weighted by atomic mass is 9.78. The van der Waals surface area contributed by atoms with Gasteiger partial charge >= 0.3 is 5.97 Å². The fraction of sp³-hybridized carbons (Fsp3) is 0.300. The number of aryl methyl sites for hydroxylation is 2. The maximum Gasteiger partial charge on any atom is 0.339 e. The summed E-state index contributed by atoms with van der Waals surface area (Å²) in [4.78, 5) is 39.3. The fourth-order valence-electron chi connectivity index (χ4n) is 4.11. The van der Waals surface area contributed by atoms with E-state index in [1.807, 2.05) is 65.8 Å². The van der Waals surface area contributed by atoms with Crippen molar-refractivity contribution >= 4 is 17.5 Å². The van der Waals surface area contributed by atoms with Crippen LogP contribution in [-0.2, 0) is 17.8 Å². The van der Waals surface area contributed by atoms with Crippen molar-refractivity contribution in [2.75, 3.05) is 0 Å². The first kappa shape index (κ1) is 26.7. The van der Waals surface area contributed by atoms with Gasteiger partial charge in [-0.25, -0.2) is 4.79 Å². The number of fused-ring (bicyclic) bond motifs is 2. The molecule has 1 aliphatic rings. The van der Waals surface area contributed by atoms with Gasteiger partial charge < -0.3 is 4.74 Å². The molecule has 0 spiro atoms. The molecule has 0 fully saturated rings. The third kappa shape index (κ3) is 5.01. The van der Waals surface area contributed by atoms with Crippen LogP contribution < -0.4 is 0 Å². The number of carbonyl (C=O) groups is 3. The van der Waals surface area contributed by atoms with Gasteiger partial charge in [-0.15, -0.1) is 0 Å². The molecule has 0 saturated heterocycles. The Bertz CT molecular complexity index is 1200. The zero-order valence-corrected chi connectivity index (χ0v) is 21.2. The van der Waals surface area contributed by atoms with Crippen LogP contribution in [0.5, 0.6) is 0 Å². The quantitative estimate of drug-likeness (QED) is 0.307. The van der Waals surface area contributed by atoms with E-state index < -0.39 is 5.97 Å². The van der Waals surface area contributed by atoms with Crippen molar-refractivity contribution in [1.29, 1.82) is 0 Å². The minimum Gasteiger partial charge on any atom is -0.457 e. The average Bonchev–Trinajstić information content (AvgIpc) is 2.88. The van der Waals surface area contributed by atoms with Crippen LogP contribution in [0.4, 0.5) is 0 Å². The molecular formula is C30H34O4. The topological polar surface area (TPSA) is 60.4 Å². The molecule has 178 valence electrons. The summed E-state index contributed by atoms with van der Waals surface area (Å²) in [5.74, 6) is -0.877. The molecule has 0 amide bonds. The molecule has 1 aliphatic carbocycles. The number of rotatable bonds is 4. The van der Waals surface area contributed by atoms with E-state index in [1.165, 1.54) is 0 Å². The molecule has 0 atom stereocenters. The summed E-state index contributed by atoms with van der Waals surface area (Å²) in [6, 6.07) is 16.2. The molecule has 0 heterocycles. The highest BCUT2D eigenvalue weighted by Gasteiger charge is 2.34. The predicted molar refractivity (Wildman–Crippen MR) is 137 cm³/mol. The molecule has 3 aromatic rings. The van der Waals surface area contributed by atoms with Gasteiger partial charge in [0.25, 0.3) is 0 Å². The number of hydrogen-bond donors (Lipinski definition) is 0. The standard InChI is InChI=1S/C26H22O4.2C2H6/c1-4-18-22(26(29)30-14-17-10-6-5-9-15(17)2)16(3)13-21-23(18)25(28)20-12-8-7-11-19(20)24(21)27;2*1-2/h5-13H,4,14H2,1-3H3;2*1-2H3. The Labute approximate surface area is 203 Å². The third-order valence-electron chi connectivity index (χ3n) is 5.69. The first-order valence-corrected chi connectivity index (χ1v) is 12.0. The van der Waals surface area contributed by atoms with Crippen molar-refractivity contribution < 1.29 is 19.1 Å². The number of ether oxygens (including phenoxy) is 1. The Morgan fingerprint density at radius 1 is 0.765 bits per heavy atom. The van der Waals surface area contributed by atoms with Crippen LogP contribution >= 0.6 is 0 Å². The Balaban J connectivity index is 0.000000970. The Hall–Kier alpha value is -3.53. The van der Waals surface area contributed by atoms with Crippen LogP contribution in [0.15, 0.2) is 54.6 Å². The van der Waals surface area contributed by atoms with Gasteiger partial charge in [0, 0.05) is 22.3 Å². The monoisotopic (exact) mass is 458 g/mol. The number of esters is 1. The second-order valence-corrected chi connectivity index (χ2v) is 7.53. The lowest BCUT2D eigenvalue weighted by molar-refractivity contribution is 0.0469. The number of ketones is 2. The lowest BCUT2D eigenvalue weighted by Crippen LogP contribution is -2.25. The number of carbonyl (C=O) groups excluding carboxylic acids is 3. The molecule has 34 heavy (non-hydrogen) atoms. The van der Waals surface area contributed by atoms with Crippen LogP contribution in [0.25, 0.3) is 0 Å². The molecule has 0 N–H and O–H groups in total. The first-order chi connectivity index (χ1) is 16.4. The molecule has 0 aromatic heterocycles. The normalized spacial score (nSPS) is 11.3. The van der Waals surface area contributed by atoms with Gasteiger partial charge in [-0.2, -0.15) is 0 Å². The third-order valence-corrected chi connectivity index (χ3v) is 5.69. The van der Waals surface area contributed by atoms with E-state index in [0.29, 0.717) is 45.4 Å². The Morgan fingerprint density at radius 3 is 1.91 bits per heavy atom. The molecule has 0 unspecified atom stereocenters. The van der Waals surface area contributed by atoms with E-state index in [4.69, 9.17) is 4.74 Å². The molecule has 4 rings (SSSR count). The van der Waals surface area contributed by atoms with E-state index in [2.05, 4.69) is 0 Å². The largest absolute Gasteiger partial charge is 0.457 e. The van der Waals surface area contributed by atoms with Gasteiger partial charge in [0.1, 0.15) is 6.61 Å². The van der Waals surface area contributed by atoms with Gasteiger partial charge in [0.05, 0.1) is 5.56 Å². The predicted octanol–water partition coefficient (Wildman–Crippen LogP) is 7.05. The van der Waals surface area contributed by atoms with Crippen LogP contribution in [0.1, 0.15) is 99.1 Å². The minimum absolute atomic E-state index is 0.154. The summed E-state index contributed by atoms with van der Waals surface area (Å²) in [5, 5.41) is 0. The van der Waals surface area contributed by atoms with Crippen molar-refractivity contribution in [3.8, 4) is 0 Å². The summed E-state index contributed by atoms with van der Waals surface area (Å²) >= 11 is 0. The average molecular weight is 459 g/mol. The highest BCUT2D eigenvalue weighted by molar-refractivity contribution is 6.29. The molecule has 4 heteroatoms. The SMILES string of the molecule is CC.CC.CCc1c(C(=O)OCc2ccccc2C)c(C)cc2c1C(=O)c1ccccc1C2=O. The van der Waals surface area contributed by atoms with Crippen molar-refractivity contribution in [2.45, 2.75) is 61.5 Å². The summed E-state index contributed by atoms with van der Waals surface area (Å²) in [6.45, 7) is 13.8. The fourth-order valence-corrected chi connectivity index (χ4v) is 4.11. The van der Waals surface area contributed by atoms with Gasteiger partial charge in [-0.05, 0) is 48.6 Å². The van der Waals surface area contributed by atoms with Gasteiger partial charge in [-0.3, -0.25) is 9.59 Å². The lowest BCUT2D eigenvalue weighted by Gasteiger charge is -2.23. The first-order valence-electron chi connectivity index (χ1n) is 12.0. The molecule has 0 saturated carbocycles. The number of benzene rings is 3. The number of hydrogen-bond acceptors (Lipinski definition) is 4. The zero-order chi connectivity index (χ0) is 25.4.